The minimum absolute atomic E-state index is 0.0165. The van der Waals surface area contributed by atoms with E-state index in [2.05, 4.69) is 0 Å². The van der Waals surface area contributed by atoms with Crippen LogP contribution in [0.3, 0.4) is 0 Å². The van der Waals surface area contributed by atoms with Crippen LogP contribution in [-0.4, -0.2) is 37.4 Å². The zero-order chi connectivity index (χ0) is 13.3. The summed E-state index contributed by atoms with van der Waals surface area (Å²) < 4.78 is 27.4. The number of hydrogen-bond acceptors (Lipinski definition) is 5. The molecule has 5 nitrogen and oxygen atoms in total. The average molecular weight is 266 g/mol. The van der Waals surface area contributed by atoms with Gasteiger partial charge in [-0.15, -0.1) is 0 Å². The summed E-state index contributed by atoms with van der Waals surface area (Å²) in [5.41, 5.74) is 0. The summed E-state index contributed by atoms with van der Waals surface area (Å²) in [6, 6.07) is 0. The third-order valence-electron chi connectivity index (χ3n) is 3.82. The molecule has 6 heteroatoms. The van der Waals surface area contributed by atoms with E-state index in [-0.39, 0.29) is 24.1 Å². The molecular weight excluding hydrogens is 243 g/mol. The van der Waals surface area contributed by atoms with E-state index < -0.39 is 13.4 Å². The first-order valence-electron chi connectivity index (χ1n) is 5.92. The maximum atomic E-state index is 12.1. The highest BCUT2D eigenvalue weighted by atomic mass is 31.2. The van der Waals surface area contributed by atoms with Gasteiger partial charge >= 0.3 is 7.60 Å². The summed E-state index contributed by atoms with van der Waals surface area (Å²) in [5.74, 6) is -1.32. The summed E-state index contributed by atoms with van der Waals surface area (Å²) in [4.78, 5) is 0. The van der Waals surface area contributed by atoms with Crippen molar-refractivity contribution in [3.05, 3.63) is 0 Å². The zero-order valence-electron chi connectivity index (χ0n) is 11.2. The average Bonchev–Trinajstić information content (AvgIpc) is 2.53. The number of aliphatic hydroxyl groups is 1. The zero-order valence-corrected chi connectivity index (χ0v) is 12.1. The van der Waals surface area contributed by atoms with Crippen molar-refractivity contribution < 1.29 is 23.5 Å². The van der Waals surface area contributed by atoms with Crippen LogP contribution in [0.4, 0.5) is 0 Å². The van der Waals surface area contributed by atoms with Crippen LogP contribution in [0.2, 0.25) is 0 Å². The molecule has 17 heavy (non-hydrogen) atoms. The molecule has 1 rings (SSSR count). The van der Waals surface area contributed by atoms with E-state index in [0.717, 1.165) is 6.42 Å². The molecule has 1 aliphatic heterocycles. The molecule has 0 radical (unpaired) electrons. The Balaban J connectivity index is 2.86. The fourth-order valence-electron chi connectivity index (χ4n) is 2.33. The Labute approximate surface area is 103 Å². The van der Waals surface area contributed by atoms with E-state index >= 15 is 0 Å². The summed E-state index contributed by atoms with van der Waals surface area (Å²) in [7, 11) is -0.645. The smallest absolute Gasteiger partial charge is 0.335 e. The summed E-state index contributed by atoms with van der Waals surface area (Å²) in [6.45, 7) is 5.93. The third-order valence-corrected chi connectivity index (χ3v) is 5.77. The van der Waals surface area contributed by atoms with Crippen LogP contribution in [0, 0.1) is 11.8 Å². The second-order valence-corrected chi connectivity index (χ2v) is 6.96. The first kappa shape index (κ1) is 15.1. The Hall–Kier alpha value is 0.0700. The molecule has 1 aliphatic rings. The predicted octanol–water partition coefficient (Wildman–Crippen LogP) is 2.24. The van der Waals surface area contributed by atoms with Gasteiger partial charge in [-0.3, -0.25) is 4.57 Å². The molecule has 2 unspecified atom stereocenters. The molecule has 0 bridgehead atoms. The van der Waals surface area contributed by atoms with Gasteiger partial charge in [-0.2, -0.15) is 0 Å². The number of hydrogen-bond donors (Lipinski definition) is 1. The number of ether oxygens (including phenoxy) is 1. The van der Waals surface area contributed by atoms with E-state index in [4.69, 9.17) is 13.8 Å². The summed E-state index contributed by atoms with van der Waals surface area (Å²) >= 11 is 0. The molecule has 0 amide bonds. The van der Waals surface area contributed by atoms with Crippen molar-refractivity contribution in [1.29, 1.82) is 0 Å². The molecule has 1 saturated heterocycles. The van der Waals surface area contributed by atoms with Crippen LogP contribution in [0.1, 0.15) is 27.2 Å². The van der Waals surface area contributed by atoms with Gasteiger partial charge in [0, 0.05) is 20.1 Å². The highest BCUT2D eigenvalue weighted by Crippen LogP contribution is 2.53. The van der Waals surface area contributed by atoms with Crippen LogP contribution >= 0.6 is 7.60 Å². The van der Waals surface area contributed by atoms with Gasteiger partial charge < -0.3 is 18.9 Å². The normalized spacial score (nSPS) is 38.6. The monoisotopic (exact) mass is 266 g/mol. The Morgan fingerprint density at radius 2 is 1.88 bits per heavy atom. The topological polar surface area (TPSA) is 65.0 Å². The lowest BCUT2D eigenvalue weighted by Gasteiger charge is -2.29. The molecule has 0 saturated carbocycles. The third kappa shape index (κ3) is 2.91. The molecule has 0 spiro atoms. The highest BCUT2D eigenvalue weighted by molar-refractivity contribution is 7.53. The second kappa shape index (κ2) is 5.37. The fraction of sp³-hybridized carbons (Fsp3) is 1.00. The SMILES string of the molecule is CC[C@H]1O[C@](O)(CP(=O)(OC)OC)C(C)C1C. The molecule has 0 aromatic carbocycles. The molecule has 102 valence electrons. The van der Waals surface area contributed by atoms with Crippen LogP contribution in [0.25, 0.3) is 0 Å². The lowest BCUT2D eigenvalue weighted by Crippen LogP contribution is -2.39. The quantitative estimate of drug-likeness (QED) is 0.773. The van der Waals surface area contributed by atoms with E-state index in [0.29, 0.717) is 0 Å². The number of rotatable bonds is 5. The van der Waals surface area contributed by atoms with Gasteiger partial charge in [0.2, 0.25) is 0 Å². The van der Waals surface area contributed by atoms with Gasteiger partial charge in [-0.25, -0.2) is 0 Å². The van der Waals surface area contributed by atoms with Crippen molar-refractivity contribution in [3.8, 4) is 0 Å². The van der Waals surface area contributed by atoms with Crippen LogP contribution in [0.5, 0.6) is 0 Å². The minimum atomic E-state index is -3.27. The molecular formula is C11H23O5P. The van der Waals surface area contributed by atoms with E-state index in [1.165, 1.54) is 14.2 Å². The van der Waals surface area contributed by atoms with Gasteiger partial charge in [-0.05, 0) is 12.3 Å². The highest BCUT2D eigenvalue weighted by Gasteiger charge is 2.52. The van der Waals surface area contributed by atoms with E-state index in [1.54, 1.807) is 0 Å². The maximum Gasteiger partial charge on any atom is 0.335 e. The van der Waals surface area contributed by atoms with Crippen molar-refractivity contribution in [2.75, 3.05) is 20.4 Å². The van der Waals surface area contributed by atoms with Crippen molar-refractivity contribution in [3.63, 3.8) is 0 Å². The van der Waals surface area contributed by atoms with Crippen LogP contribution in [-0.2, 0) is 18.3 Å². The molecule has 1 N–H and O–H groups in total. The van der Waals surface area contributed by atoms with Gasteiger partial charge in [0.05, 0.1) is 6.10 Å². The summed E-state index contributed by atoms with van der Waals surface area (Å²) in [5, 5.41) is 10.5. The molecule has 1 heterocycles. The molecule has 0 aliphatic carbocycles. The second-order valence-electron chi connectivity index (χ2n) is 4.69. The van der Waals surface area contributed by atoms with Crippen LogP contribution < -0.4 is 0 Å². The lowest BCUT2D eigenvalue weighted by molar-refractivity contribution is -0.194. The first-order valence-corrected chi connectivity index (χ1v) is 7.65. The van der Waals surface area contributed by atoms with Gasteiger partial charge in [-0.1, -0.05) is 20.8 Å². The fourth-order valence-corrected chi connectivity index (χ4v) is 3.65. The van der Waals surface area contributed by atoms with E-state index in [9.17, 15) is 9.67 Å². The molecule has 1 fully saturated rings. The van der Waals surface area contributed by atoms with Crippen molar-refractivity contribution in [2.45, 2.75) is 39.1 Å². The van der Waals surface area contributed by atoms with E-state index in [1.807, 2.05) is 20.8 Å². The maximum absolute atomic E-state index is 12.1. The van der Waals surface area contributed by atoms with Crippen molar-refractivity contribution in [1.82, 2.24) is 0 Å². The Bertz CT molecular complexity index is 300. The van der Waals surface area contributed by atoms with Gasteiger partial charge in [0.1, 0.15) is 6.16 Å². The van der Waals surface area contributed by atoms with Crippen LogP contribution in [0.15, 0.2) is 0 Å². The first-order chi connectivity index (χ1) is 7.82. The minimum Gasteiger partial charge on any atom is -0.365 e. The summed E-state index contributed by atoms with van der Waals surface area (Å²) in [6.07, 6.45) is 0.671. The largest absolute Gasteiger partial charge is 0.365 e. The Morgan fingerprint density at radius 1 is 1.35 bits per heavy atom. The molecule has 0 aromatic rings. The van der Waals surface area contributed by atoms with Crippen molar-refractivity contribution >= 4 is 7.60 Å². The molecule has 4 atom stereocenters. The molecule has 0 aromatic heterocycles. The van der Waals surface area contributed by atoms with Gasteiger partial charge in [0.25, 0.3) is 0 Å². The Morgan fingerprint density at radius 3 is 2.24 bits per heavy atom. The Kier molecular flexibility index (Phi) is 4.78. The predicted molar refractivity (Wildman–Crippen MR) is 64.9 cm³/mol. The lowest BCUT2D eigenvalue weighted by atomic mass is 9.88. The van der Waals surface area contributed by atoms with Crippen molar-refractivity contribution in [2.24, 2.45) is 11.8 Å². The standard InChI is InChI=1S/C11H23O5P/c1-6-10-8(2)9(3)11(12,16-10)7-17(13,14-4)15-5/h8-10,12H,6-7H2,1-5H3/t8?,9?,10-,11-/m1/s1. The van der Waals surface area contributed by atoms with Gasteiger partial charge in [0.15, 0.2) is 5.79 Å².